The quantitative estimate of drug-likeness (QED) is 0.811. The molecule has 1 unspecified atom stereocenters. The Morgan fingerprint density at radius 2 is 2.04 bits per heavy atom. The van der Waals surface area contributed by atoms with E-state index in [1.54, 1.807) is 30.6 Å². The standard InChI is InChI=1S/C21H25FN4O2/c1-20(2)14-21(15-26(20)17-7-3-6-16(22)12-17)8-4-11-25(21)18(27)13-28-19-23-9-5-10-24-19/h3,5-7,9-10,12H,4,8,11,13-15H2,1-2H3. The van der Waals surface area contributed by atoms with Gasteiger partial charge in [0.1, 0.15) is 5.82 Å². The lowest BCUT2D eigenvalue weighted by Crippen LogP contribution is -2.50. The van der Waals surface area contributed by atoms with Crippen LogP contribution in [0.4, 0.5) is 10.1 Å². The van der Waals surface area contributed by atoms with Gasteiger partial charge in [0.05, 0.1) is 5.54 Å². The van der Waals surface area contributed by atoms with E-state index in [0.29, 0.717) is 13.1 Å². The lowest BCUT2D eigenvalue weighted by Gasteiger charge is -2.35. The molecule has 0 bridgehead atoms. The van der Waals surface area contributed by atoms with Crippen LogP contribution in [0.1, 0.15) is 33.1 Å². The Labute approximate surface area is 164 Å². The van der Waals surface area contributed by atoms with Gasteiger partial charge in [-0.2, -0.15) is 0 Å². The predicted molar refractivity (Wildman–Crippen MR) is 104 cm³/mol. The van der Waals surface area contributed by atoms with Crippen LogP contribution in [-0.4, -0.2) is 51.5 Å². The molecule has 2 saturated heterocycles. The minimum atomic E-state index is -0.256. The maximum atomic E-state index is 13.8. The molecule has 28 heavy (non-hydrogen) atoms. The summed E-state index contributed by atoms with van der Waals surface area (Å²) >= 11 is 0. The van der Waals surface area contributed by atoms with Gasteiger partial charge in [-0.1, -0.05) is 6.07 Å². The Morgan fingerprint density at radius 3 is 2.79 bits per heavy atom. The van der Waals surface area contributed by atoms with Crippen LogP contribution < -0.4 is 9.64 Å². The van der Waals surface area contributed by atoms with Crippen molar-refractivity contribution in [1.29, 1.82) is 0 Å². The summed E-state index contributed by atoms with van der Waals surface area (Å²) in [4.78, 5) is 25.1. The molecule has 2 aromatic rings. The average molecular weight is 384 g/mol. The van der Waals surface area contributed by atoms with E-state index in [1.807, 2.05) is 11.0 Å². The van der Waals surface area contributed by atoms with E-state index in [4.69, 9.17) is 4.74 Å². The second-order valence-corrected chi connectivity index (χ2v) is 8.25. The highest BCUT2D eigenvalue weighted by Crippen LogP contribution is 2.47. The molecular formula is C21H25FN4O2. The third kappa shape index (κ3) is 3.41. The molecule has 4 rings (SSSR count). The molecular weight excluding hydrogens is 359 g/mol. The van der Waals surface area contributed by atoms with Crippen LogP contribution in [0.2, 0.25) is 0 Å². The van der Waals surface area contributed by atoms with Crippen molar-refractivity contribution in [3.63, 3.8) is 0 Å². The second-order valence-electron chi connectivity index (χ2n) is 8.25. The number of nitrogens with zero attached hydrogens (tertiary/aromatic N) is 4. The number of ether oxygens (including phenoxy) is 1. The van der Waals surface area contributed by atoms with Crippen LogP contribution in [0.5, 0.6) is 6.01 Å². The molecule has 6 nitrogen and oxygen atoms in total. The Balaban J connectivity index is 1.52. The number of benzene rings is 1. The van der Waals surface area contributed by atoms with Gasteiger partial charge in [0, 0.05) is 36.7 Å². The number of aromatic nitrogens is 2. The zero-order valence-corrected chi connectivity index (χ0v) is 16.3. The van der Waals surface area contributed by atoms with Crippen LogP contribution in [0.15, 0.2) is 42.7 Å². The first-order valence-corrected chi connectivity index (χ1v) is 9.63. The minimum absolute atomic E-state index is 0.0538. The summed E-state index contributed by atoms with van der Waals surface area (Å²) in [5.41, 5.74) is 0.420. The topological polar surface area (TPSA) is 58.6 Å². The number of carbonyl (C=O) groups is 1. The molecule has 2 aliphatic heterocycles. The maximum Gasteiger partial charge on any atom is 0.316 e. The molecule has 0 radical (unpaired) electrons. The van der Waals surface area contributed by atoms with Crippen molar-refractivity contribution in [2.75, 3.05) is 24.6 Å². The van der Waals surface area contributed by atoms with Gasteiger partial charge in [0.2, 0.25) is 0 Å². The highest BCUT2D eigenvalue weighted by Gasteiger charge is 2.54. The zero-order valence-electron chi connectivity index (χ0n) is 16.3. The summed E-state index contributed by atoms with van der Waals surface area (Å²) in [7, 11) is 0. The number of hydrogen-bond acceptors (Lipinski definition) is 5. The van der Waals surface area contributed by atoms with Gasteiger partial charge in [-0.05, 0) is 57.4 Å². The molecule has 1 aromatic carbocycles. The molecule has 0 N–H and O–H groups in total. The fourth-order valence-corrected chi connectivity index (χ4v) is 4.79. The number of rotatable bonds is 4. The smallest absolute Gasteiger partial charge is 0.316 e. The number of halogens is 1. The summed E-state index contributed by atoms with van der Waals surface area (Å²) in [5, 5.41) is 0. The van der Waals surface area contributed by atoms with Crippen molar-refractivity contribution < 1.29 is 13.9 Å². The highest BCUT2D eigenvalue weighted by molar-refractivity contribution is 5.79. The van der Waals surface area contributed by atoms with Crippen LogP contribution in [0.3, 0.4) is 0 Å². The lowest BCUT2D eigenvalue weighted by atomic mass is 9.87. The van der Waals surface area contributed by atoms with Crippen molar-refractivity contribution in [3.8, 4) is 6.01 Å². The fourth-order valence-electron chi connectivity index (χ4n) is 4.79. The number of amides is 1. The predicted octanol–water partition coefficient (Wildman–Crippen LogP) is 3.04. The Kier molecular flexibility index (Phi) is 4.69. The monoisotopic (exact) mass is 384 g/mol. The van der Waals surface area contributed by atoms with E-state index >= 15 is 0 Å². The second kappa shape index (κ2) is 7.04. The molecule has 1 amide bonds. The third-order valence-corrected chi connectivity index (χ3v) is 5.83. The first-order chi connectivity index (χ1) is 13.4. The lowest BCUT2D eigenvalue weighted by molar-refractivity contribution is -0.137. The van der Waals surface area contributed by atoms with Crippen molar-refractivity contribution in [2.45, 2.75) is 44.2 Å². The number of hydrogen-bond donors (Lipinski definition) is 0. The summed E-state index contributed by atoms with van der Waals surface area (Å²) in [5.74, 6) is -0.299. The van der Waals surface area contributed by atoms with E-state index in [0.717, 1.165) is 24.9 Å². The first-order valence-electron chi connectivity index (χ1n) is 9.63. The number of likely N-dealkylation sites (tertiary alicyclic amines) is 1. The molecule has 1 spiro atoms. The SMILES string of the molecule is CC1(C)CC2(CCCN2C(=O)COc2ncccn2)CN1c1cccc(F)c1. The summed E-state index contributed by atoms with van der Waals surface area (Å²) in [6.45, 7) is 5.64. The molecule has 1 atom stereocenters. The van der Waals surface area contributed by atoms with Gasteiger partial charge in [-0.25, -0.2) is 14.4 Å². The normalized spacial score (nSPS) is 23.4. The van der Waals surface area contributed by atoms with E-state index in [9.17, 15) is 9.18 Å². The summed E-state index contributed by atoms with van der Waals surface area (Å²) in [6.07, 6.45) is 5.90. The van der Waals surface area contributed by atoms with Crippen LogP contribution in [0, 0.1) is 5.82 Å². The van der Waals surface area contributed by atoms with E-state index in [2.05, 4.69) is 28.7 Å². The largest absolute Gasteiger partial charge is 0.453 e. The van der Waals surface area contributed by atoms with E-state index in [-0.39, 0.29) is 35.4 Å². The van der Waals surface area contributed by atoms with Gasteiger partial charge in [-0.3, -0.25) is 4.79 Å². The molecule has 7 heteroatoms. The molecule has 1 aromatic heterocycles. The molecule has 0 saturated carbocycles. The highest BCUT2D eigenvalue weighted by atomic mass is 19.1. The Hall–Kier alpha value is -2.70. The Morgan fingerprint density at radius 1 is 1.25 bits per heavy atom. The van der Waals surface area contributed by atoms with Crippen molar-refractivity contribution in [2.24, 2.45) is 0 Å². The summed E-state index contributed by atoms with van der Waals surface area (Å²) in [6, 6.07) is 8.59. The van der Waals surface area contributed by atoms with Crippen molar-refractivity contribution in [3.05, 3.63) is 48.5 Å². The van der Waals surface area contributed by atoms with Gasteiger partial charge in [-0.15, -0.1) is 0 Å². The summed E-state index contributed by atoms with van der Waals surface area (Å²) < 4.78 is 19.3. The number of carbonyl (C=O) groups excluding carboxylic acids is 1. The average Bonchev–Trinajstić information content (AvgIpc) is 3.20. The van der Waals surface area contributed by atoms with E-state index < -0.39 is 0 Å². The molecule has 0 aliphatic carbocycles. The Bertz CT molecular complexity index is 860. The third-order valence-electron chi connectivity index (χ3n) is 5.83. The molecule has 2 aliphatic rings. The fraction of sp³-hybridized carbons (Fsp3) is 0.476. The maximum absolute atomic E-state index is 13.8. The van der Waals surface area contributed by atoms with Crippen LogP contribution in [0.25, 0.3) is 0 Å². The molecule has 2 fully saturated rings. The first kappa shape index (κ1) is 18.7. The van der Waals surface area contributed by atoms with Crippen LogP contribution >= 0.6 is 0 Å². The van der Waals surface area contributed by atoms with Gasteiger partial charge in [0.15, 0.2) is 6.61 Å². The number of anilines is 1. The van der Waals surface area contributed by atoms with Crippen molar-refractivity contribution >= 4 is 11.6 Å². The van der Waals surface area contributed by atoms with Gasteiger partial charge in [0.25, 0.3) is 5.91 Å². The van der Waals surface area contributed by atoms with Crippen LogP contribution in [-0.2, 0) is 4.79 Å². The van der Waals surface area contributed by atoms with Crippen molar-refractivity contribution in [1.82, 2.24) is 14.9 Å². The van der Waals surface area contributed by atoms with Gasteiger partial charge < -0.3 is 14.5 Å². The zero-order chi connectivity index (χ0) is 19.8. The molecule has 148 valence electrons. The van der Waals surface area contributed by atoms with E-state index in [1.165, 1.54) is 6.07 Å². The minimum Gasteiger partial charge on any atom is -0.453 e. The molecule has 3 heterocycles. The van der Waals surface area contributed by atoms with Gasteiger partial charge >= 0.3 is 6.01 Å².